The molecule has 0 saturated carbocycles. The van der Waals surface area contributed by atoms with E-state index in [1.54, 1.807) is 24.3 Å². The van der Waals surface area contributed by atoms with Crippen LogP contribution in [0.5, 0.6) is 0 Å². The highest BCUT2D eigenvalue weighted by Crippen LogP contribution is 2.11. The molecule has 0 heterocycles. The van der Waals surface area contributed by atoms with Crippen molar-refractivity contribution in [3.8, 4) is 0 Å². The fraction of sp³-hybridized carbons (Fsp3) is 0.273. The Hall–Kier alpha value is -1.36. The van der Waals surface area contributed by atoms with Crippen LogP contribution in [0.25, 0.3) is 0 Å². The summed E-state index contributed by atoms with van der Waals surface area (Å²) in [5, 5.41) is 3.24. The number of ether oxygens (including phenoxy) is 1. The van der Waals surface area contributed by atoms with Gasteiger partial charge in [-0.2, -0.15) is 0 Å². The molecule has 1 rings (SSSR count). The molecule has 0 spiro atoms. The number of Topliss-reactive ketones (excluding diaryl/α,β-unsaturated/α-hetero) is 1. The van der Waals surface area contributed by atoms with E-state index in [-0.39, 0.29) is 12.3 Å². The maximum absolute atomic E-state index is 11.2. The quantitative estimate of drug-likeness (QED) is 0.663. The molecule has 16 heavy (non-hydrogen) atoms. The molecule has 0 fully saturated rings. The van der Waals surface area contributed by atoms with Crippen LogP contribution >= 0.6 is 15.9 Å². The number of alkyl halides is 1. The summed E-state index contributed by atoms with van der Waals surface area (Å²) in [6, 6.07) is 6.82. The Morgan fingerprint density at radius 1 is 1.44 bits per heavy atom. The summed E-state index contributed by atoms with van der Waals surface area (Å²) in [5.41, 5.74) is 1.18. The van der Waals surface area contributed by atoms with Gasteiger partial charge in [0.1, 0.15) is 0 Å². The lowest BCUT2D eigenvalue weighted by Gasteiger charge is -2.06. The molecule has 0 aromatic heterocycles. The zero-order valence-electron chi connectivity index (χ0n) is 8.83. The fourth-order valence-electron chi connectivity index (χ4n) is 1.12. The van der Waals surface area contributed by atoms with Crippen molar-refractivity contribution < 1.29 is 14.3 Å². The number of ketones is 1. The first kappa shape index (κ1) is 12.7. The molecule has 0 aliphatic carbocycles. The van der Waals surface area contributed by atoms with Gasteiger partial charge in [0.2, 0.25) is 0 Å². The smallest absolute Gasteiger partial charge is 0.337 e. The van der Waals surface area contributed by atoms with Gasteiger partial charge in [0, 0.05) is 5.69 Å². The number of hydrogen-bond acceptors (Lipinski definition) is 4. The molecule has 0 aliphatic heterocycles. The second-order valence-electron chi connectivity index (χ2n) is 3.10. The van der Waals surface area contributed by atoms with Crippen molar-refractivity contribution in [2.45, 2.75) is 0 Å². The molecule has 1 aromatic rings. The van der Waals surface area contributed by atoms with E-state index < -0.39 is 5.97 Å². The minimum atomic E-state index is -0.393. The molecule has 0 bridgehead atoms. The molecular weight excluding hydrogens is 274 g/mol. The van der Waals surface area contributed by atoms with Gasteiger partial charge < -0.3 is 10.1 Å². The Morgan fingerprint density at radius 2 is 2.19 bits per heavy atom. The number of esters is 1. The van der Waals surface area contributed by atoms with Crippen LogP contribution in [0.2, 0.25) is 0 Å². The molecule has 0 aliphatic rings. The van der Waals surface area contributed by atoms with E-state index in [0.717, 1.165) is 5.69 Å². The van der Waals surface area contributed by atoms with Crippen molar-refractivity contribution in [1.82, 2.24) is 0 Å². The van der Waals surface area contributed by atoms with Crippen LogP contribution in [-0.4, -0.2) is 30.7 Å². The van der Waals surface area contributed by atoms with Gasteiger partial charge in [-0.15, -0.1) is 0 Å². The van der Waals surface area contributed by atoms with Gasteiger partial charge in [-0.25, -0.2) is 4.79 Å². The number of halogens is 1. The third-order valence-corrected chi connectivity index (χ3v) is 2.55. The van der Waals surface area contributed by atoms with Crippen molar-refractivity contribution in [3.63, 3.8) is 0 Å². The lowest BCUT2D eigenvalue weighted by molar-refractivity contribution is -0.114. The Labute approximate surface area is 102 Å². The van der Waals surface area contributed by atoms with Gasteiger partial charge in [0.25, 0.3) is 0 Å². The maximum Gasteiger partial charge on any atom is 0.337 e. The number of rotatable bonds is 5. The summed E-state index contributed by atoms with van der Waals surface area (Å²) in [6.07, 6.45) is 0. The average Bonchev–Trinajstić information content (AvgIpc) is 2.35. The zero-order chi connectivity index (χ0) is 12.0. The van der Waals surface area contributed by atoms with E-state index in [0.29, 0.717) is 10.9 Å². The topological polar surface area (TPSA) is 55.4 Å². The van der Waals surface area contributed by atoms with Crippen molar-refractivity contribution >= 4 is 33.4 Å². The lowest BCUT2D eigenvalue weighted by atomic mass is 10.2. The Kier molecular flexibility index (Phi) is 4.98. The molecule has 86 valence electrons. The standard InChI is InChI=1S/C11H12BrNO3/c1-16-11(15)8-3-2-4-9(5-8)13-7-10(14)6-12/h2-5,13H,6-7H2,1H3. The van der Waals surface area contributed by atoms with Crippen LogP contribution in [0.15, 0.2) is 24.3 Å². The Bertz CT molecular complexity index is 393. The minimum absolute atomic E-state index is 0.0449. The molecular formula is C11H12BrNO3. The van der Waals surface area contributed by atoms with Crippen molar-refractivity contribution in [2.75, 3.05) is 24.3 Å². The van der Waals surface area contributed by atoms with E-state index in [1.165, 1.54) is 7.11 Å². The van der Waals surface area contributed by atoms with Gasteiger partial charge >= 0.3 is 5.97 Å². The normalized spacial score (nSPS) is 9.62. The first-order valence-electron chi connectivity index (χ1n) is 4.67. The second kappa shape index (κ2) is 6.27. The van der Waals surface area contributed by atoms with Crippen LogP contribution in [0, 0.1) is 0 Å². The van der Waals surface area contributed by atoms with Gasteiger partial charge in [-0.3, -0.25) is 4.79 Å². The zero-order valence-corrected chi connectivity index (χ0v) is 10.4. The first-order chi connectivity index (χ1) is 7.67. The van der Waals surface area contributed by atoms with E-state index in [9.17, 15) is 9.59 Å². The van der Waals surface area contributed by atoms with Gasteiger partial charge in [0.15, 0.2) is 5.78 Å². The van der Waals surface area contributed by atoms with Crippen LogP contribution in [-0.2, 0) is 9.53 Å². The highest BCUT2D eigenvalue weighted by atomic mass is 79.9. The number of benzene rings is 1. The third-order valence-electron chi connectivity index (χ3n) is 1.92. The highest BCUT2D eigenvalue weighted by molar-refractivity contribution is 9.09. The van der Waals surface area contributed by atoms with Gasteiger partial charge in [-0.1, -0.05) is 22.0 Å². The molecule has 5 heteroatoms. The molecule has 1 N–H and O–H groups in total. The van der Waals surface area contributed by atoms with Crippen LogP contribution in [0.4, 0.5) is 5.69 Å². The number of hydrogen-bond donors (Lipinski definition) is 1. The fourth-order valence-corrected chi connectivity index (χ4v) is 1.32. The predicted octanol–water partition coefficient (Wildman–Crippen LogP) is 1.85. The lowest BCUT2D eigenvalue weighted by Crippen LogP contribution is -2.14. The van der Waals surface area contributed by atoms with Crippen molar-refractivity contribution in [2.24, 2.45) is 0 Å². The molecule has 4 nitrogen and oxygen atoms in total. The summed E-state index contributed by atoms with van der Waals surface area (Å²) in [4.78, 5) is 22.3. The monoisotopic (exact) mass is 285 g/mol. The van der Waals surface area contributed by atoms with Gasteiger partial charge in [0.05, 0.1) is 24.5 Å². The van der Waals surface area contributed by atoms with E-state index in [4.69, 9.17) is 0 Å². The van der Waals surface area contributed by atoms with Crippen LogP contribution < -0.4 is 5.32 Å². The highest BCUT2D eigenvalue weighted by Gasteiger charge is 2.05. The number of anilines is 1. The number of methoxy groups -OCH3 is 1. The summed E-state index contributed by atoms with van der Waals surface area (Å²) < 4.78 is 4.60. The van der Waals surface area contributed by atoms with Crippen molar-refractivity contribution in [3.05, 3.63) is 29.8 Å². The first-order valence-corrected chi connectivity index (χ1v) is 5.79. The molecule has 0 saturated heterocycles. The van der Waals surface area contributed by atoms with Crippen LogP contribution in [0.3, 0.4) is 0 Å². The number of nitrogens with one attached hydrogen (secondary N) is 1. The molecule has 0 radical (unpaired) electrons. The summed E-state index contributed by atoms with van der Waals surface area (Å²) in [7, 11) is 1.33. The van der Waals surface area contributed by atoms with E-state index >= 15 is 0 Å². The molecule has 0 unspecified atom stereocenters. The second-order valence-corrected chi connectivity index (χ2v) is 3.66. The molecule has 1 aromatic carbocycles. The largest absolute Gasteiger partial charge is 0.465 e. The Balaban J connectivity index is 2.67. The number of carbonyl (C=O) groups is 2. The third kappa shape index (κ3) is 3.66. The average molecular weight is 286 g/mol. The van der Waals surface area contributed by atoms with Crippen molar-refractivity contribution in [1.29, 1.82) is 0 Å². The molecule has 0 amide bonds. The molecule has 0 atom stereocenters. The summed E-state index contributed by atoms with van der Waals surface area (Å²) in [6.45, 7) is 0.232. The minimum Gasteiger partial charge on any atom is -0.465 e. The van der Waals surface area contributed by atoms with Crippen LogP contribution in [0.1, 0.15) is 10.4 Å². The van der Waals surface area contributed by atoms with E-state index in [2.05, 4.69) is 26.0 Å². The maximum atomic E-state index is 11.2. The number of carbonyl (C=O) groups excluding carboxylic acids is 2. The summed E-state index contributed by atoms with van der Waals surface area (Å²) >= 11 is 3.07. The predicted molar refractivity (Wildman–Crippen MR) is 65.1 cm³/mol. The SMILES string of the molecule is COC(=O)c1cccc(NCC(=O)CBr)c1. The Morgan fingerprint density at radius 3 is 2.81 bits per heavy atom. The van der Waals surface area contributed by atoms with E-state index in [1.807, 2.05) is 0 Å². The summed E-state index contributed by atoms with van der Waals surface area (Å²) in [5.74, 6) is -0.348. The van der Waals surface area contributed by atoms with Gasteiger partial charge in [-0.05, 0) is 18.2 Å².